The summed E-state index contributed by atoms with van der Waals surface area (Å²) in [5.41, 5.74) is 6.64. The number of hydrogen-bond donors (Lipinski definition) is 2. The third-order valence-electron chi connectivity index (χ3n) is 7.82. The topological polar surface area (TPSA) is 147 Å². The van der Waals surface area contributed by atoms with E-state index in [0.29, 0.717) is 28.4 Å². The Balaban J connectivity index is 1.37. The number of likely N-dealkylation sites (N-methyl/N-ethyl adjacent to an activating group) is 1. The molecule has 0 saturated carbocycles. The van der Waals surface area contributed by atoms with Crippen LogP contribution in [0, 0.1) is 11.3 Å². The predicted molar refractivity (Wildman–Crippen MR) is 169 cm³/mol. The Morgan fingerprint density at radius 1 is 1.09 bits per heavy atom. The number of rotatable bonds is 9. The highest BCUT2D eigenvalue weighted by molar-refractivity contribution is 5.97. The molecule has 3 heterocycles. The van der Waals surface area contributed by atoms with Crippen molar-refractivity contribution >= 4 is 22.9 Å². The summed E-state index contributed by atoms with van der Waals surface area (Å²) >= 11 is 0. The lowest BCUT2D eigenvalue weighted by molar-refractivity contribution is -0.117. The van der Waals surface area contributed by atoms with E-state index < -0.39 is 23.2 Å². The van der Waals surface area contributed by atoms with Crippen LogP contribution in [0.4, 0.5) is 5.82 Å². The number of amides is 1. The Labute approximate surface area is 256 Å². The van der Waals surface area contributed by atoms with Crippen LogP contribution in [-0.2, 0) is 11.3 Å². The number of fused-ring (bicyclic) bond motifs is 1. The Morgan fingerprint density at radius 2 is 1.75 bits per heavy atom. The van der Waals surface area contributed by atoms with E-state index in [1.165, 1.54) is 15.5 Å². The zero-order valence-electron chi connectivity index (χ0n) is 25.4. The number of nitriles is 1. The number of nitrogen functional groups attached to an aromatic ring is 1. The van der Waals surface area contributed by atoms with Gasteiger partial charge in [-0.1, -0.05) is 18.2 Å². The van der Waals surface area contributed by atoms with Crippen LogP contribution >= 0.6 is 0 Å². The summed E-state index contributed by atoms with van der Waals surface area (Å²) in [6, 6.07) is 18.0. The summed E-state index contributed by atoms with van der Waals surface area (Å²) in [7, 11) is 2.08. The molecule has 4 aromatic rings. The van der Waals surface area contributed by atoms with Crippen LogP contribution in [0.5, 0.6) is 11.5 Å². The zero-order valence-corrected chi connectivity index (χ0v) is 25.4. The highest BCUT2D eigenvalue weighted by Gasteiger charge is 2.29. The second-order valence-corrected chi connectivity index (χ2v) is 11.6. The fourth-order valence-electron chi connectivity index (χ4n) is 5.39. The van der Waals surface area contributed by atoms with Crippen LogP contribution < -0.4 is 21.5 Å². The Morgan fingerprint density at radius 3 is 2.41 bits per heavy atom. The zero-order chi connectivity index (χ0) is 31.4. The lowest BCUT2D eigenvalue weighted by atomic mass is 9.97. The molecule has 1 atom stereocenters. The number of benzene rings is 2. The molecule has 2 aromatic carbocycles. The molecular weight excluding hydrogens is 558 g/mol. The van der Waals surface area contributed by atoms with E-state index in [1.54, 1.807) is 37.3 Å². The summed E-state index contributed by atoms with van der Waals surface area (Å²) in [5, 5.41) is 12.7. The quantitative estimate of drug-likeness (QED) is 0.220. The molecule has 1 amide bonds. The van der Waals surface area contributed by atoms with Gasteiger partial charge in [-0.3, -0.25) is 18.8 Å². The third-order valence-corrected chi connectivity index (χ3v) is 7.82. The number of nitrogens with zero attached hydrogens (tertiary/aromatic N) is 7. The SMILES string of the molecule is CC(Cn1c(=O)n(-c2ccc(Oc3ccccc3)cc2)c2c(N)ncnc21)NC(=O)C(C#N)=CC(C)(C)N1CCN(C)CC1. The van der Waals surface area contributed by atoms with E-state index in [0.717, 1.165) is 26.2 Å². The summed E-state index contributed by atoms with van der Waals surface area (Å²) in [6.45, 7) is 9.41. The van der Waals surface area contributed by atoms with Crippen LogP contribution in [0.15, 0.2) is 77.4 Å². The van der Waals surface area contributed by atoms with E-state index >= 15 is 0 Å². The first-order chi connectivity index (χ1) is 21.1. The van der Waals surface area contributed by atoms with Crippen LogP contribution in [0.3, 0.4) is 0 Å². The molecule has 44 heavy (non-hydrogen) atoms. The fraction of sp³-hybridized carbons (Fsp3) is 0.344. The number of carbonyl (C=O) groups excluding carboxylic acids is 1. The first kappa shape index (κ1) is 30.5. The smallest absolute Gasteiger partial charge is 0.335 e. The first-order valence-corrected chi connectivity index (χ1v) is 14.5. The number of piperazine rings is 1. The largest absolute Gasteiger partial charge is 0.457 e. The van der Waals surface area contributed by atoms with Gasteiger partial charge in [-0.05, 0) is 70.3 Å². The molecule has 0 spiro atoms. The van der Waals surface area contributed by atoms with Crippen molar-refractivity contribution in [3.8, 4) is 23.3 Å². The molecule has 1 unspecified atom stereocenters. The second kappa shape index (κ2) is 12.7. The van der Waals surface area contributed by atoms with Crippen molar-refractivity contribution in [1.29, 1.82) is 5.26 Å². The molecule has 228 valence electrons. The number of anilines is 1. The maximum atomic E-state index is 13.8. The highest BCUT2D eigenvalue weighted by atomic mass is 16.5. The van der Waals surface area contributed by atoms with Crippen molar-refractivity contribution in [2.24, 2.45) is 0 Å². The van der Waals surface area contributed by atoms with Crippen LogP contribution in [-0.4, -0.2) is 79.6 Å². The van der Waals surface area contributed by atoms with E-state index in [-0.39, 0.29) is 17.9 Å². The molecule has 12 nitrogen and oxygen atoms in total. The van der Waals surface area contributed by atoms with Gasteiger partial charge in [0.25, 0.3) is 5.91 Å². The maximum Gasteiger partial charge on any atom is 0.335 e. The molecule has 2 aromatic heterocycles. The van der Waals surface area contributed by atoms with Crippen molar-refractivity contribution in [2.75, 3.05) is 39.0 Å². The fourth-order valence-corrected chi connectivity index (χ4v) is 5.39. The van der Waals surface area contributed by atoms with Crippen LogP contribution in [0.2, 0.25) is 0 Å². The Hall–Kier alpha value is -4.99. The predicted octanol–water partition coefficient (Wildman–Crippen LogP) is 2.94. The van der Waals surface area contributed by atoms with Gasteiger partial charge in [0, 0.05) is 44.3 Å². The van der Waals surface area contributed by atoms with E-state index in [4.69, 9.17) is 10.5 Å². The van der Waals surface area contributed by atoms with Crippen molar-refractivity contribution in [3.05, 3.63) is 83.1 Å². The van der Waals surface area contributed by atoms with Gasteiger partial charge in [0.1, 0.15) is 35.0 Å². The molecule has 1 aliphatic heterocycles. The summed E-state index contributed by atoms with van der Waals surface area (Å²) in [6.07, 6.45) is 3.02. The number of para-hydroxylation sites is 1. The number of hydrogen-bond acceptors (Lipinski definition) is 9. The van der Waals surface area contributed by atoms with Gasteiger partial charge in [0.2, 0.25) is 0 Å². The monoisotopic (exact) mass is 595 g/mol. The molecule has 1 aliphatic rings. The summed E-state index contributed by atoms with van der Waals surface area (Å²) in [5.74, 6) is 0.949. The molecule has 0 bridgehead atoms. The molecule has 1 fully saturated rings. The lowest BCUT2D eigenvalue weighted by Gasteiger charge is -2.41. The van der Waals surface area contributed by atoms with Gasteiger partial charge in [-0.2, -0.15) is 5.26 Å². The summed E-state index contributed by atoms with van der Waals surface area (Å²) in [4.78, 5) is 40.0. The number of nitrogens with two attached hydrogens (primary N) is 1. The standard InChI is InChI=1S/C32H37N9O3/c1-22(37-30(42)23(19-33)18-32(2,3)39-16-14-38(4)15-17-39)20-40-29-27(28(34)35-21-36-29)41(31(40)43)24-10-12-26(13-11-24)44-25-8-6-5-7-9-25/h5-13,18,21-22H,14-17,20H2,1-4H3,(H,37,42)(H2,34,35,36). The van der Waals surface area contributed by atoms with Gasteiger partial charge in [-0.25, -0.2) is 14.8 Å². The van der Waals surface area contributed by atoms with Gasteiger partial charge in [-0.15, -0.1) is 0 Å². The molecule has 12 heteroatoms. The Kier molecular flexibility index (Phi) is 8.80. The van der Waals surface area contributed by atoms with E-state index in [9.17, 15) is 14.9 Å². The van der Waals surface area contributed by atoms with E-state index in [2.05, 4.69) is 38.2 Å². The molecule has 1 saturated heterocycles. The van der Waals surface area contributed by atoms with Gasteiger partial charge < -0.3 is 20.7 Å². The van der Waals surface area contributed by atoms with Crippen molar-refractivity contribution in [1.82, 2.24) is 34.2 Å². The van der Waals surface area contributed by atoms with Gasteiger partial charge >= 0.3 is 5.69 Å². The lowest BCUT2D eigenvalue weighted by Crippen LogP contribution is -2.53. The minimum atomic E-state index is -0.513. The molecule has 3 N–H and O–H groups in total. The molecule has 0 aliphatic carbocycles. The average molecular weight is 596 g/mol. The minimum Gasteiger partial charge on any atom is -0.457 e. The van der Waals surface area contributed by atoms with Gasteiger partial charge in [0.05, 0.1) is 5.69 Å². The van der Waals surface area contributed by atoms with Crippen molar-refractivity contribution in [3.63, 3.8) is 0 Å². The third kappa shape index (κ3) is 6.49. The number of carbonyl (C=O) groups is 1. The second-order valence-electron chi connectivity index (χ2n) is 11.6. The number of nitrogens with one attached hydrogen (secondary N) is 1. The first-order valence-electron chi connectivity index (χ1n) is 14.5. The highest BCUT2D eigenvalue weighted by Crippen LogP contribution is 2.25. The van der Waals surface area contributed by atoms with Crippen LogP contribution in [0.25, 0.3) is 16.9 Å². The van der Waals surface area contributed by atoms with Crippen molar-refractivity contribution in [2.45, 2.75) is 38.9 Å². The molecule has 0 radical (unpaired) electrons. The normalized spacial score (nSPS) is 15.6. The maximum absolute atomic E-state index is 13.8. The number of ether oxygens (including phenoxy) is 1. The number of imidazole rings is 1. The van der Waals surface area contributed by atoms with Gasteiger partial charge in [0.15, 0.2) is 11.5 Å². The minimum absolute atomic E-state index is 0.0277. The average Bonchev–Trinajstić information content (AvgIpc) is 3.28. The number of aromatic nitrogens is 4. The van der Waals surface area contributed by atoms with Crippen LogP contribution in [0.1, 0.15) is 20.8 Å². The summed E-state index contributed by atoms with van der Waals surface area (Å²) < 4.78 is 8.79. The Bertz CT molecular complexity index is 1760. The molecular formula is C32H37N9O3. The van der Waals surface area contributed by atoms with Crippen molar-refractivity contribution < 1.29 is 9.53 Å². The van der Waals surface area contributed by atoms with E-state index in [1.807, 2.05) is 44.2 Å². The molecule has 5 rings (SSSR count).